The Labute approximate surface area is 152 Å². The van der Waals surface area contributed by atoms with Gasteiger partial charge in [0.25, 0.3) is 5.91 Å². The first-order valence-corrected chi connectivity index (χ1v) is 8.23. The van der Waals surface area contributed by atoms with Gasteiger partial charge in [0.1, 0.15) is 24.8 Å². The van der Waals surface area contributed by atoms with Gasteiger partial charge in [0.15, 0.2) is 5.76 Å². The van der Waals surface area contributed by atoms with E-state index in [-0.39, 0.29) is 18.3 Å². The zero-order chi connectivity index (χ0) is 17.6. The van der Waals surface area contributed by atoms with Crippen LogP contribution in [-0.2, 0) is 18.1 Å². The zero-order valence-electron chi connectivity index (χ0n) is 13.4. The van der Waals surface area contributed by atoms with Crippen molar-refractivity contribution < 1.29 is 18.7 Å². The molecule has 0 saturated carbocycles. The summed E-state index contributed by atoms with van der Waals surface area (Å²) in [6.07, 6.45) is 3.21. The predicted molar refractivity (Wildman–Crippen MR) is 94.4 cm³/mol. The van der Waals surface area contributed by atoms with E-state index in [1.54, 1.807) is 30.1 Å². The molecule has 0 aliphatic rings. The largest absolute Gasteiger partial charge is 0.486 e. The number of carbonyl (C=O) groups excluding carboxylic acids is 1. The highest BCUT2D eigenvalue weighted by Gasteiger charge is 2.13. The van der Waals surface area contributed by atoms with E-state index in [9.17, 15) is 4.79 Å². The number of nitrogens with one attached hydrogen (secondary N) is 1. The Hall–Kier alpha value is -2.58. The summed E-state index contributed by atoms with van der Waals surface area (Å²) >= 11 is 3.37. The van der Waals surface area contributed by atoms with Crippen LogP contribution in [0.25, 0.3) is 0 Å². The number of hydrogen-bond donors (Lipinski definition) is 1. The monoisotopic (exact) mass is 405 g/mol. The van der Waals surface area contributed by atoms with Crippen LogP contribution in [0.2, 0.25) is 0 Å². The van der Waals surface area contributed by atoms with Crippen molar-refractivity contribution in [2.45, 2.75) is 13.3 Å². The molecule has 0 fully saturated rings. The number of hydrogen-bond acceptors (Lipinski definition) is 5. The fraction of sp³-hybridized carbons (Fsp3) is 0.176. The van der Waals surface area contributed by atoms with Gasteiger partial charge in [0, 0.05) is 11.6 Å². The second-order valence-corrected chi connectivity index (χ2v) is 6.06. The van der Waals surface area contributed by atoms with E-state index >= 15 is 0 Å². The van der Waals surface area contributed by atoms with Crippen molar-refractivity contribution in [3.05, 3.63) is 64.8 Å². The number of amides is 1. The smallest absolute Gasteiger partial charge is 0.291 e. The molecule has 130 valence electrons. The van der Waals surface area contributed by atoms with Crippen LogP contribution in [-0.4, -0.2) is 22.8 Å². The summed E-state index contributed by atoms with van der Waals surface area (Å²) in [5.74, 6) is 1.13. The molecule has 2 aromatic heterocycles. The first-order chi connectivity index (χ1) is 12.1. The normalized spacial score (nSPS) is 10.6. The number of furan rings is 1. The van der Waals surface area contributed by atoms with Crippen molar-refractivity contribution >= 4 is 27.5 Å². The van der Waals surface area contributed by atoms with E-state index in [4.69, 9.17) is 13.9 Å². The Morgan fingerprint density at radius 2 is 2.08 bits per heavy atom. The Morgan fingerprint density at radius 3 is 2.84 bits per heavy atom. The summed E-state index contributed by atoms with van der Waals surface area (Å²) in [5, 5.41) is 6.76. The summed E-state index contributed by atoms with van der Waals surface area (Å²) in [5.41, 5.74) is 0.561. The maximum Gasteiger partial charge on any atom is 0.291 e. The molecule has 0 atom stereocenters. The number of methoxy groups -OCH3 is 1. The minimum atomic E-state index is -0.355. The van der Waals surface area contributed by atoms with E-state index in [0.29, 0.717) is 18.2 Å². The molecule has 1 aromatic carbocycles. The third-order valence-electron chi connectivity index (χ3n) is 3.23. The molecule has 3 aromatic rings. The lowest BCUT2D eigenvalue weighted by Crippen LogP contribution is -2.10. The van der Waals surface area contributed by atoms with Crippen LogP contribution in [0.1, 0.15) is 16.3 Å². The fourth-order valence-electron chi connectivity index (χ4n) is 2.09. The molecule has 0 unspecified atom stereocenters. The van der Waals surface area contributed by atoms with E-state index < -0.39 is 0 Å². The third kappa shape index (κ3) is 4.71. The highest BCUT2D eigenvalue weighted by molar-refractivity contribution is 9.10. The number of rotatable bonds is 7. The number of aromatic nitrogens is 2. The van der Waals surface area contributed by atoms with Crippen LogP contribution in [0.3, 0.4) is 0 Å². The van der Waals surface area contributed by atoms with Gasteiger partial charge in [-0.15, -0.1) is 0 Å². The topological polar surface area (TPSA) is 78.5 Å². The maximum atomic E-state index is 12.2. The van der Waals surface area contributed by atoms with Gasteiger partial charge >= 0.3 is 0 Å². The van der Waals surface area contributed by atoms with Crippen LogP contribution in [0.4, 0.5) is 5.69 Å². The molecule has 8 heteroatoms. The number of anilines is 1. The lowest BCUT2D eigenvalue weighted by atomic mass is 10.3. The lowest BCUT2D eigenvalue weighted by molar-refractivity contribution is 0.0992. The molecular weight excluding hydrogens is 390 g/mol. The Balaban J connectivity index is 1.56. The van der Waals surface area contributed by atoms with Crippen LogP contribution >= 0.6 is 15.9 Å². The first kappa shape index (κ1) is 17.2. The zero-order valence-corrected chi connectivity index (χ0v) is 15.0. The number of benzene rings is 1. The predicted octanol–water partition coefficient (Wildman–Crippen LogP) is 3.67. The average molecular weight is 406 g/mol. The molecule has 0 aliphatic carbocycles. The molecule has 0 saturated heterocycles. The Bertz CT molecular complexity index is 842. The van der Waals surface area contributed by atoms with E-state index in [2.05, 4.69) is 26.3 Å². The van der Waals surface area contributed by atoms with Crippen molar-refractivity contribution in [3.8, 4) is 5.75 Å². The SMILES string of the molecule is COCn1cc(NC(=O)c2ccc(COc3ccc(Br)cc3)o2)cn1. The molecule has 25 heavy (non-hydrogen) atoms. The summed E-state index contributed by atoms with van der Waals surface area (Å²) in [6, 6.07) is 10.8. The molecule has 7 nitrogen and oxygen atoms in total. The van der Waals surface area contributed by atoms with Crippen LogP contribution in [0.5, 0.6) is 5.75 Å². The summed E-state index contributed by atoms with van der Waals surface area (Å²) in [6.45, 7) is 0.550. The van der Waals surface area contributed by atoms with Gasteiger partial charge in [-0.2, -0.15) is 5.10 Å². The Morgan fingerprint density at radius 1 is 1.28 bits per heavy atom. The highest BCUT2D eigenvalue weighted by Crippen LogP contribution is 2.18. The maximum absolute atomic E-state index is 12.2. The molecule has 1 N–H and O–H groups in total. The third-order valence-corrected chi connectivity index (χ3v) is 3.76. The molecular formula is C17H16BrN3O4. The van der Waals surface area contributed by atoms with E-state index in [1.165, 1.54) is 6.20 Å². The van der Waals surface area contributed by atoms with Crippen LogP contribution in [0, 0.1) is 0 Å². The number of nitrogens with zero attached hydrogens (tertiary/aromatic N) is 2. The summed E-state index contributed by atoms with van der Waals surface area (Å²) in [7, 11) is 1.57. The van der Waals surface area contributed by atoms with Gasteiger partial charge in [-0.1, -0.05) is 15.9 Å². The van der Waals surface area contributed by atoms with Crippen molar-refractivity contribution in [3.63, 3.8) is 0 Å². The van der Waals surface area contributed by atoms with E-state index in [0.717, 1.165) is 10.2 Å². The van der Waals surface area contributed by atoms with Crippen molar-refractivity contribution in [1.29, 1.82) is 0 Å². The molecule has 0 radical (unpaired) electrons. The molecule has 2 heterocycles. The Kier molecular flexibility index (Phi) is 5.52. The second kappa shape index (κ2) is 8.00. The quantitative estimate of drug-likeness (QED) is 0.648. The molecule has 3 rings (SSSR count). The fourth-order valence-corrected chi connectivity index (χ4v) is 2.35. The second-order valence-electron chi connectivity index (χ2n) is 5.15. The van der Waals surface area contributed by atoms with Crippen molar-refractivity contribution in [1.82, 2.24) is 9.78 Å². The first-order valence-electron chi connectivity index (χ1n) is 7.44. The summed E-state index contributed by atoms with van der Waals surface area (Å²) in [4.78, 5) is 12.2. The van der Waals surface area contributed by atoms with E-state index in [1.807, 2.05) is 24.3 Å². The van der Waals surface area contributed by atoms with Crippen LogP contribution in [0.15, 0.2) is 57.7 Å². The standard InChI is InChI=1S/C17H16BrN3O4/c1-23-11-21-9-13(8-19-21)20-17(22)16-7-6-15(25-16)10-24-14-4-2-12(18)3-5-14/h2-9H,10-11H2,1H3,(H,20,22). The van der Waals surface area contributed by atoms with Gasteiger partial charge < -0.3 is 19.2 Å². The molecule has 0 bridgehead atoms. The van der Waals surface area contributed by atoms with Crippen molar-refractivity contribution in [2.75, 3.05) is 12.4 Å². The lowest BCUT2D eigenvalue weighted by Gasteiger charge is -2.04. The van der Waals surface area contributed by atoms with Gasteiger partial charge in [-0.05, 0) is 36.4 Å². The highest BCUT2D eigenvalue weighted by atomic mass is 79.9. The van der Waals surface area contributed by atoms with Gasteiger partial charge in [-0.3, -0.25) is 4.79 Å². The number of halogens is 1. The molecule has 0 aliphatic heterocycles. The van der Waals surface area contributed by atoms with Crippen molar-refractivity contribution in [2.24, 2.45) is 0 Å². The molecule has 1 amide bonds. The summed E-state index contributed by atoms with van der Waals surface area (Å²) < 4.78 is 18.6. The number of ether oxygens (including phenoxy) is 2. The average Bonchev–Trinajstić information content (AvgIpc) is 3.24. The number of carbonyl (C=O) groups is 1. The minimum absolute atomic E-state index is 0.203. The van der Waals surface area contributed by atoms with Crippen LogP contribution < -0.4 is 10.1 Å². The van der Waals surface area contributed by atoms with Gasteiger partial charge in [0.2, 0.25) is 0 Å². The van der Waals surface area contributed by atoms with Gasteiger partial charge in [-0.25, -0.2) is 4.68 Å². The van der Waals surface area contributed by atoms with Gasteiger partial charge in [0.05, 0.1) is 18.1 Å². The minimum Gasteiger partial charge on any atom is -0.486 e. The molecule has 0 spiro atoms.